The number of para-hydroxylation sites is 2. The summed E-state index contributed by atoms with van der Waals surface area (Å²) in [6.07, 6.45) is 0. The number of carbonyl (C=O) groups excluding carboxylic acids is 1. The molecule has 0 aliphatic heterocycles. The zero-order valence-corrected chi connectivity index (χ0v) is 16.6. The van der Waals surface area contributed by atoms with Gasteiger partial charge >= 0.3 is 5.97 Å². The van der Waals surface area contributed by atoms with Crippen molar-refractivity contribution in [2.45, 2.75) is 13.8 Å². The first-order chi connectivity index (χ1) is 14.0. The average Bonchev–Trinajstić information content (AvgIpc) is 2.99. The van der Waals surface area contributed by atoms with E-state index in [0.717, 1.165) is 22.3 Å². The molecule has 148 valence electrons. The maximum atomic E-state index is 12.8. The maximum absolute atomic E-state index is 12.8. The van der Waals surface area contributed by atoms with Crippen molar-refractivity contribution in [3.8, 4) is 5.69 Å². The Kier molecular flexibility index (Phi) is 4.90. The highest BCUT2D eigenvalue weighted by molar-refractivity contribution is 6.09. The van der Waals surface area contributed by atoms with Crippen LogP contribution in [-0.4, -0.2) is 40.8 Å². The van der Waals surface area contributed by atoms with Gasteiger partial charge in [0.25, 0.3) is 0 Å². The minimum absolute atomic E-state index is 0.131. The summed E-state index contributed by atoms with van der Waals surface area (Å²) < 4.78 is 12.1. The van der Waals surface area contributed by atoms with Crippen molar-refractivity contribution in [2.24, 2.45) is 0 Å². The van der Waals surface area contributed by atoms with Crippen LogP contribution in [0.1, 0.15) is 21.5 Å². The highest BCUT2D eigenvalue weighted by Crippen LogP contribution is 2.32. The Balaban J connectivity index is 2.02. The molecule has 2 aromatic carbocycles. The molecular formula is C22H22N4O3. The van der Waals surface area contributed by atoms with Gasteiger partial charge < -0.3 is 15.2 Å². The monoisotopic (exact) mass is 390 g/mol. The molecule has 2 heterocycles. The summed E-state index contributed by atoms with van der Waals surface area (Å²) in [5, 5.41) is 0. The van der Waals surface area contributed by atoms with Gasteiger partial charge in [-0.2, -0.15) is 0 Å². The van der Waals surface area contributed by atoms with Gasteiger partial charge in [-0.1, -0.05) is 24.3 Å². The number of nitrogen functional groups attached to an aromatic ring is 1. The van der Waals surface area contributed by atoms with Crippen molar-refractivity contribution in [1.82, 2.24) is 14.5 Å². The summed E-state index contributed by atoms with van der Waals surface area (Å²) in [6.45, 7) is 4.43. The number of methoxy groups -OCH3 is 1. The Bertz CT molecular complexity index is 1230. The molecule has 0 saturated carbocycles. The summed E-state index contributed by atoms with van der Waals surface area (Å²) in [5.74, 6) is -0.287. The molecule has 2 aromatic heterocycles. The number of carbonyl (C=O) groups is 1. The smallest absolute Gasteiger partial charge is 0.344 e. The molecule has 0 unspecified atom stereocenters. The molecule has 29 heavy (non-hydrogen) atoms. The van der Waals surface area contributed by atoms with Crippen LogP contribution < -0.4 is 5.73 Å². The van der Waals surface area contributed by atoms with Crippen LogP contribution in [0.5, 0.6) is 0 Å². The summed E-state index contributed by atoms with van der Waals surface area (Å²) >= 11 is 0. The normalized spacial score (nSPS) is 11.3. The first-order valence-corrected chi connectivity index (χ1v) is 9.31. The van der Waals surface area contributed by atoms with Gasteiger partial charge in [0.2, 0.25) is 0 Å². The molecule has 0 amide bonds. The fraction of sp³-hybridized carbons (Fsp3) is 0.227. The average molecular weight is 390 g/mol. The number of hydrogen-bond acceptors (Lipinski definition) is 6. The maximum Gasteiger partial charge on any atom is 0.344 e. The van der Waals surface area contributed by atoms with Crippen molar-refractivity contribution in [2.75, 3.05) is 26.1 Å². The molecule has 0 fully saturated rings. The summed E-state index contributed by atoms with van der Waals surface area (Å²) in [7, 11) is 1.55. The largest absolute Gasteiger partial charge is 0.459 e. The van der Waals surface area contributed by atoms with Crippen molar-refractivity contribution < 1.29 is 14.3 Å². The van der Waals surface area contributed by atoms with Gasteiger partial charge in [-0.15, -0.1) is 0 Å². The van der Waals surface area contributed by atoms with E-state index in [-0.39, 0.29) is 18.0 Å². The number of esters is 1. The first-order valence-electron chi connectivity index (χ1n) is 9.31. The molecule has 2 N–H and O–H groups in total. The van der Waals surface area contributed by atoms with E-state index in [1.165, 1.54) is 0 Å². The van der Waals surface area contributed by atoms with Crippen molar-refractivity contribution in [3.63, 3.8) is 0 Å². The lowest BCUT2D eigenvalue weighted by atomic mass is 10.1. The Labute approximate surface area is 168 Å². The molecule has 0 radical (unpaired) electrons. The third-order valence-electron chi connectivity index (χ3n) is 4.83. The predicted octanol–water partition coefficient (Wildman–Crippen LogP) is 3.58. The minimum atomic E-state index is -0.543. The van der Waals surface area contributed by atoms with Gasteiger partial charge in [-0.05, 0) is 43.2 Å². The van der Waals surface area contributed by atoms with E-state index >= 15 is 0 Å². The van der Waals surface area contributed by atoms with Gasteiger partial charge in [0.15, 0.2) is 5.65 Å². The molecule has 4 aromatic rings. The van der Waals surface area contributed by atoms with Crippen LogP contribution in [0.15, 0.2) is 42.5 Å². The Morgan fingerprint density at radius 3 is 2.52 bits per heavy atom. The van der Waals surface area contributed by atoms with Crippen molar-refractivity contribution in [1.29, 1.82) is 0 Å². The number of nitrogens with two attached hydrogens (primary N) is 1. The molecule has 0 spiro atoms. The van der Waals surface area contributed by atoms with E-state index in [2.05, 4.69) is 0 Å². The van der Waals surface area contributed by atoms with Crippen molar-refractivity contribution >= 4 is 34.0 Å². The highest BCUT2D eigenvalue weighted by Gasteiger charge is 2.26. The zero-order chi connectivity index (χ0) is 20.5. The Hall–Kier alpha value is -3.45. The number of fused-ring (bicyclic) bond motifs is 2. The lowest BCUT2D eigenvalue weighted by molar-refractivity contribution is 0.0391. The molecule has 7 nitrogen and oxygen atoms in total. The van der Waals surface area contributed by atoms with Crippen LogP contribution in [0, 0.1) is 13.8 Å². The Morgan fingerprint density at radius 2 is 1.79 bits per heavy atom. The minimum Gasteiger partial charge on any atom is -0.459 e. The highest BCUT2D eigenvalue weighted by atomic mass is 16.6. The molecule has 0 bridgehead atoms. The summed E-state index contributed by atoms with van der Waals surface area (Å²) in [5.41, 5.74) is 12.0. The summed E-state index contributed by atoms with van der Waals surface area (Å²) in [4.78, 5) is 22.3. The van der Waals surface area contributed by atoms with Gasteiger partial charge in [0.1, 0.15) is 23.5 Å². The predicted molar refractivity (Wildman–Crippen MR) is 112 cm³/mol. The van der Waals surface area contributed by atoms with E-state index < -0.39 is 5.97 Å². The quantitative estimate of drug-likeness (QED) is 0.414. The molecule has 0 aliphatic rings. The van der Waals surface area contributed by atoms with Crippen LogP contribution in [0.4, 0.5) is 5.82 Å². The lowest BCUT2D eigenvalue weighted by Crippen LogP contribution is -2.12. The van der Waals surface area contributed by atoms with E-state index in [4.69, 9.17) is 25.2 Å². The lowest BCUT2D eigenvalue weighted by Gasteiger charge is -2.12. The number of benzene rings is 2. The topological polar surface area (TPSA) is 92.3 Å². The van der Waals surface area contributed by atoms with Gasteiger partial charge in [0.05, 0.1) is 23.3 Å². The summed E-state index contributed by atoms with van der Waals surface area (Å²) in [6, 6.07) is 13.6. The van der Waals surface area contributed by atoms with Crippen LogP contribution in [0.25, 0.3) is 27.9 Å². The van der Waals surface area contributed by atoms with Gasteiger partial charge in [-0.25, -0.2) is 14.8 Å². The van der Waals surface area contributed by atoms with E-state index in [9.17, 15) is 4.79 Å². The van der Waals surface area contributed by atoms with Crippen molar-refractivity contribution in [3.05, 3.63) is 59.2 Å². The standard InChI is InChI=1S/C22H22N4O3/c1-13-8-9-14(2)17(12-13)26-20(23)18(22(27)29-11-10-28-3)19-21(26)25-16-7-5-4-6-15(16)24-19/h4-9,12H,10-11,23H2,1-3H3. The van der Waals surface area contributed by atoms with Gasteiger partial charge in [-0.3, -0.25) is 4.57 Å². The molecular weight excluding hydrogens is 368 g/mol. The molecule has 0 aliphatic carbocycles. The number of anilines is 1. The molecule has 0 saturated heterocycles. The number of rotatable bonds is 5. The number of aryl methyl sites for hydroxylation is 2. The van der Waals surface area contributed by atoms with Gasteiger partial charge in [0, 0.05) is 7.11 Å². The van der Waals surface area contributed by atoms with Crippen LogP contribution in [-0.2, 0) is 9.47 Å². The SMILES string of the molecule is COCCOC(=O)c1c(N)n(-c2cc(C)ccc2C)c2nc3ccccc3nc12. The number of ether oxygens (including phenoxy) is 2. The number of aromatic nitrogens is 3. The second kappa shape index (κ2) is 7.52. The fourth-order valence-electron chi connectivity index (χ4n) is 3.36. The third-order valence-corrected chi connectivity index (χ3v) is 4.83. The van der Waals surface area contributed by atoms with Crippen LogP contribution in [0.3, 0.4) is 0 Å². The van der Waals surface area contributed by atoms with E-state index in [1.54, 1.807) is 11.7 Å². The van der Waals surface area contributed by atoms with E-state index in [0.29, 0.717) is 23.3 Å². The second-order valence-electron chi connectivity index (χ2n) is 6.90. The molecule has 7 heteroatoms. The zero-order valence-electron chi connectivity index (χ0n) is 16.6. The third kappa shape index (κ3) is 3.30. The second-order valence-corrected chi connectivity index (χ2v) is 6.90. The first kappa shape index (κ1) is 18.9. The van der Waals surface area contributed by atoms with Crippen LogP contribution in [0.2, 0.25) is 0 Å². The molecule has 4 rings (SSSR count). The molecule has 0 atom stereocenters. The van der Waals surface area contributed by atoms with E-state index in [1.807, 2.05) is 56.3 Å². The fourth-order valence-corrected chi connectivity index (χ4v) is 3.36. The number of hydrogen-bond donors (Lipinski definition) is 1. The number of nitrogens with zero attached hydrogens (tertiary/aromatic N) is 3. The Morgan fingerprint density at radius 1 is 1.07 bits per heavy atom. The van der Waals surface area contributed by atoms with Crippen LogP contribution >= 0.6 is 0 Å².